The Labute approximate surface area is 289 Å². The summed E-state index contributed by atoms with van der Waals surface area (Å²) in [6, 6.07) is 28.1. The van der Waals surface area contributed by atoms with Crippen molar-refractivity contribution in [3.63, 3.8) is 0 Å². The Morgan fingerprint density at radius 3 is 2.42 bits per heavy atom. The average Bonchev–Trinajstić information content (AvgIpc) is 3.61. The van der Waals surface area contributed by atoms with E-state index in [2.05, 4.69) is 61.4 Å². The number of halogens is 3. The zero-order valence-electron chi connectivity index (χ0n) is 28.3. The van der Waals surface area contributed by atoms with Crippen LogP contribution in [-0.4, -0.2) is 65.2 Å². The highest BCUT2D eigenvalue weighted by Crippen LogP contribution is 2.43. The highest BCUT2D eigenvalue weighted by Gasteiger charge is 2.47. The summed E-state index contributed by atoms with van der Waals surface area (Å²) in [4.78, 5) is 28.0. The minimum Gasteiger partial charge on any atom is -0.392 e. The van der Waals surface area contributed by atoms with E-state index in [1.54, 1.807) is 18.2 Å². The van der Waals surface area contributed by atoms with Gasteiger partial charge in [0.25, 0.3) is 0 Å². The number of aliphatic hydroxyl groups excluding tert-OH is 1. The molecule has 0 bridgehead atoms. The minimum atomic E-state index is -5.05. The average molecular weight is 690 g/mol. The lowest BCUT2D eigenvalue weighted by molar-refractivity contribution is -0.276. The largest absolute Gasteiger partial charge is 0.471 e. The summed E-state index contributed by atoms with van der Waals surface area (Å²) in [7, 11) is 2.07. The highest BCUT2D eigenvalue weighted by molar-refractivity contribution is 5.98. The van der Waals surface area contributed by atoms with Crippen LogP contribution < -0.4 is 5.32 Å². The predicted octanol–water partition coefficient (Wildman–Crippen LogP) is 7.31. The standard InChI is InChI=1S/C39H42F3N3O5/c1-24-34(22-44(3)25(2)29-18-17-27-8-4-5-9-30(27)20-29)49-37(50-35(24)28-15-13-26(23-46)14-16-28)31-10-6-11-32(21-31)43-36(47)33-12-7-19-45(33)38(48)39(40,41)42/h4-6,8-11,13-18,20-21,24-25,33-35,37,46H,7,12,19,22-23H2,1-3H3,(H,43,47). The van der Waals surface area contributed by atoms with Crippen LogP contribution in [0.1, 0.15) is 67.4 Å². The third-order valence-electron chi connectivity index (χ3n) is 9.99. The number of aliphatic hydroxyl groups is 1. The van der Waals surface area contributed by atoms with Crippen LogP contribution in [0.2, 0.25) is 0 Å². The van der Waals surface area contributed by atoms with E-state index in [1.165, 1.54) is 16.3 Å². The first-order valence-corrected chi connectivity index (χ1v) is 16.9. The molecule has 6 atom stereocenters. The van der Waals surface area contributed by atoms with Gasteiger partial charge in [-0.05, 0) is 72.5 Å². The second kappa shape index (κ2) is 14.9. The number of fused-ring (bicyclic) bond motifs is 1. The Balaban J connectivity index is 1.23. The number of likely N-dealkylation sites (tertiary alicyclic amines) is 1. The fraction of sp³-hybridized carbons (Fsp3) is 0.385. The molecule has 8 nitrogen and oxygen atoms in total. The fourth-order valence-electron chi connectivity index (χ4n) is 6.93. The number of rotatable bonds is 9. The van der Waals surface area contributed by atoms with Gasteiger partial charge in [0.15, 0.2) is 6.29 Å². The Bertz CT molecular complexity index is 1820. The molecular weight excluding hydrogens is 647 g/mol. The lowest BCUT2D eigenvalue weighted by Crippen LogP contribution is -2.48. The second-order valence-corrected chi connectivity index (χ2v) is 13.3. The van der Waals surface area contributed by atoms with Gasteiger partial charge in [0.2, 0.25) is 5.91 Å². The lowest BCUT2D eigenvalue weighted by atomic mass is 9.89. The topological polar surface area (TPSA) is 91.3 Å². The molecule has 2 heterocycles. The van der Waals surface area contributed by atoms with Crippen LogP contribution in [-0.2, 0) is 25.7 Å². The number of amides is 2. The SMILES string of the molecule is CC1C(CN(C)C(C)c2ccc3ccccc3c2)OC(c2cccc(NC(=O)C3CCCN3C(=O)C(F)(F)F)c2)OC1c1ccc(CO)cc1. The summed E-state index contributed by atoms with van der Waals surface area (Å²) in [6.45, 7) is 4.63. The number of hydrogen-bond acceptors (Lipinski definition) is 6. The number of ether oxygens (including phenoxy) is 2. The molecule has 2 fully saturated rings. The molecule has 50 heavy (non-hydrogen) atoms. The molecule has 6 rings (SSSR count). The van der Waals surface area contributed by atoms with Gasteiger partial charge in [-0.2, -0.15) is 13.2 Å². The van der Waals surface area contributed by atoms with E-state index >= 15 is 0 Å². The first-order valence-electron chi connectivity index (χ1n) is 16.9. The van der Waals surface area contributed by atoms with Crippen LogP contribution in [0, 0.1) is 5.92 Å². The zero-order chi connectivity index (χ0) is 35.6. The monoisotopic (exact) mass is 689 g/mol. The van der Waals surface area contributed by atoms with Crippen molar-refractivity contribution in [2.75, 3.05) is 25.5 Å². The van der Waals surface area contributed by atoms with E-state index in [0.717, 1.165) is 11.1 Å². The normalized spacial score (nSPS) is 23.3. The molecule has 4 aromatic carbocycles. The molecule has 0 spiro atoms. The highest BCUT2D eigenvalue weighted by atomic mass is 19.4. The van der Waals surface area contributed by atoms with Gasteiger partial charge in [0.05, 0.1) is 18.8 Å². The quantitative estimate of drug-likeness (QED) is 0.192. The van der Waals surface area contributed by atoms with Crippen molar-refractivity contribution in [1.29, 1.82) is 0 Å². The molecule has 11 heteroatoms. The number of carbonyl (C=O) groups is 2. The maximum absolute atomic E-state index is 13.2. The van der Waals surface area contributed by atoms with Crippen LogP contribution in [0.15, 0.2) is 91.0 Å². The first-order chi connectivity index (χ1) is 23.9. The van der Waals surface area contributed by atoms with Gasteiger partial charge in [-0.25, -0.2) is 0 Å². The van der Waals surface area contributed by atoms with Gasteiger partial charge in [0, 0.05) is 36.3 Å². The molecule has 4 aromatic rings. The molecule has 0 aromatic heterocycles. The van der Waals surface area contributed by atoms with Gasteiger partial charge in [-0.3, -0.25) is 14.5 Å². The van der Waals surface area contributed by atoms with E-state index in [1.807, 2.05) is 42.5 Å². The molecule has 2 N–H and O–H groups in total. The Hall–Kier alpha value is -4.29. The predicted molar refractivity (Wildman–Crippen MR) is 184 cm³/mol. The zero-order valence-corrected chi connectivity index (χ0v) is 28.3. The van der Waals surface area contributed by atoms with Crippen molar-refractivity contribution in [3.8, 4) is 0 Å². The summed E-state index contributed by atoms with van der Waals surface area (Å²) in [5.41, 5.74) is 3.87. The molecule has 0 saturated carbocycles. The Morgan fingerprint density at radius 1 is 0.960 bits per heavy atom. The molecule has 2 saturated heterocycles. The number of carbonyl (C=O) groups excluding carboxylic acids is 2. The summed E-state index contributed by atoms with van der Waals surface area (Å²) in [5.74, 6) is -2.76. The summed E-state index contributed by atoms with van der Waals surface area (Å²) >= 11 is 0. The number of hydrogen-bond donors (Lipinski definition) is 2. The Kier molecular flexibility index (Phi) is 10.6. The van der Waals surface area contributed by atoms with Crippen molar-refractivity contribution >= 4 is 28.3 Å². The van der Waals surface area contributed by atoms with Gasteiger partial charge < -0.3 is 24.8 Å². The minimum absolute atomic E-state index is 0.0696. The first kappa shape index (κ1) is 35.5. The van der Waals surface area contributed by atoms with Gasteiger partial charge in [-0.15, -0.1) is 0 Å². The van der Waals surface area contributed by atoms with E-state index in [9.17, 15) is 27.9 Å². The van der Waals surface area contributed by atoms with Crippen molar-refractivity contribution in [2.24, 2.45) is 5.92 Å². The van der Waals surface area contributed by atoms with Crippen molar-refractivity contribution < 1.29 is 37.3 Å². The molecule has 0 aliphatic carbocycles. The van der Waals surface area contributed by atoms with Crippen LogP contribution in [0.5, 0.6) is 0 Å². The Morgan fingerprint density at radius 2 is 1.70 bits per heavy atom. The van der Waals surface area contributed by atoms with Gasteiger partial charge >= 0.3 is 12.1 Å². The molecular formula is C39H42F3N3O5. The second-order valence-electron chi connectivity index (χ2n) is 13.3. The van der Waals surface area contributed by atoms with Crippen LogP contribution in [0.3, 0.4) is 0 Å². The maximum atomic E-state index is 13.2. The third-order valence-corrected chi connectivity index (χ3v) is 9.99. The third kappa shape index (κ3) is 7.71. The van der Waals surface area contributed by atoms with Crippen LogP contribution in [0.4, 0.5) is 18.9 Å². The summed E-state index contributed by atoms with van der Waals surface area (Å²) in [5, 5.41) is 14.7. The van der Waals surface area contributed by atoms with E-state index in [0.29, 0.717) is 29.1 Å². The number of nitrogens with one attached hydrogen (secondary N) is 1. The number of anilines is 1. The van der Waals surface area contributed by atoms with Gasteiger partial charge in [0.1, 0.15) is 6.04 Å². The fourth-order valence-corrected chi connectivity index (χ4v) is 6.93. The number of alkyl halides is 3. The van der Waals surface area contributed by atoms with E-state index < -0.39 is 30.3 Å². The van der Waals surface area contributed by atoms with Crippen LogP contribution in [0.25, 0.3) is 10.8 Å². The molecule has 6 unspecified atom stereocenters. The lowest BCUT2D eigenvalue weighted by Gasteiger charge is -2.43. The number of nitrogens with zero attached hydrogens (tertiary/aromatic N) is 2. The van der Waals surface area contributed by atoms with Crippen molar-refractivity contribution in [3.05, 3.63) is 113 Å². The molecule has 2 aliphatic heterocycles. The molecule has 0 radical (unpaired) electrons. The van der Waals surface area contributed by atoms with Crippen molar-refractivity contribution in [2.45, 2.75) is 70.1 Å². The maximum Gasteiger partial charge on any atom is 0.471 e. The smallest absolute Gasteiger partial charge is 0.392 e. The van der Waals surface area contributed by atoms with Crippen molar-refractivity contribution in [1.82, 2.24) is 9.80 Å². The number of benzene rings is 4. The number of likely N-dealkylation sites (N-methyl/N-ethyl adjacent to an activating group) is 1. The molecule has 2 aliphatic rings. The van der Waals surface area contributed by atoms with Gasteiger partial charge in [-0.1, -0.05) is 79.7 Å². The summed E-state index contributed by atoms with van der Waals surface area (Å²) in [6.07, 6.45) is -6.07. The van der Waals surface area contributed by atoms with Crippen LogP contribution >= 0.6 is 0 Å². The van der Waals surface area contributed by atoms with E-state index in [4.69, 9.17) is 9.47 Å². The molecule has 2 amide bonds. The summed E-state index contributed by atoms with van der Waals surface area (Å²) < 4.78 is 52.8. The van der Waals surface area contributed by atoms with E-state index in [-0.39, 0.29) is 43.7 Å². The molecule has 264 valence electrons.